The number of aromatic nitrogens is 2. The summed E-state index contributed by atoms with van der Waals surface area (Å²) in [4.78, 5) is 7.45. The van der Waals surface area contributed by atoms with E-state index < -0.39 is 0 Å². The molecule has 2 saturated carbocycles. The molecule has 5 nitrogen and oxygen atoms in total. The highest BCUT2D eigenvalue weighted by molar-refractivity contribution is 5.22. The van der Waals surface area contributed by atoms with E-state index in [0.717, 1.165) is 64.2 Å². The lowest BCUT2D eigenvalue weighted by molar-refractivity contribution is 0.0128. The lowest BCUT2D eigenvalue weighted by Crippen LogP contribution is -2.38. The molecular formula is C21H33N3O2. The second-order valence-corrected chi connectivity index (χ2v) is 9.10. The van der Waals surface area contributed by atoms with E-state index in [1.54, 1.807) is 0 Å². The van der Waals surface area contributed by atoms with E-state index in [9.17, 15) is 0 Å². The van der Waals surface area contributed by atoms with Gasteiger partial charge in [0.25, 0.3) is 0 Å². The van der Waals surface area contributed by atoms with Crippen molar-refractivity contribution in [1.29, 1.82) is 0 Å². The Labute approximate surface area is 157 Å². The van der Waals surface area contributed by atoms with Gasteiger partial charge in [0.2, 0.25) is 0 Å². The molecule has 3 heterocycles. The minimum absolute atomic E-state index is 0.485. The van der Waals surface area contributed by atoms with Crippen molar-refractivity contribution in [2.45, 2.75) is 57.5 Å². The SMILES string of the molecule is c1nc2c(n1CC1CC1)[C@@H](COCC1CCOCC1)CN(CC1CC1)C2. The van der Waals surface area contributed by atoms with Gasteiger partial charge in [-0.3, -0.25) is 4.90 Å². The van der Waals surface area contributed by atoms with Gasteiger partial charge in [-0.05, 0) is 56.3 Å². The van der Waals surface area contributed by atoms with Gasteiger partial charge in [0.15, 0.2) is 0 Å². The molecule has 0 aromatic carbocycles. The van der Waals surface area contributed by atoms with Crippen LogP contribution < -0.4 is 0 Å². The first-order valence-electron chi connectivity index (χ1n) is 10.8. The summed E-state index contributed by atoms with van der Waals surface area (Å²) in [6, 6.07) is 0. The maximum absolute atomic E-state index is 6.26. The molecule has 2 aliphatic carbocycles. The van der Waals surface area contributed by atoms with Gasteiger partial charge in [0, 0.05) is 57.6 Å². The fourth-order valence-corrected chi connectivity index (χ4v) is 4.65. The van der Waals surface area contributed by atoms with Gasteiger partial charge >= 0.3 is 0 Å². The molecule has 0 radical (unpaired) electrons. The quantitative estimate of drug-likeness (QED) is 0.715. The number of nitrogens with zero attached hydrogens (tertiary/aromatic N) is 3. The molecule has 2 aliphatic heterocycles. The maximum atomic E-state index is 6.26. The van der Waals surface area contributed by atoms with Crippen LogP contribution in [-0.2, 0) is 22.6 Å². The summed E-state index contributed by atoms with van der Waals surface area (Å²) < 4.78 is 14.2. The number of rotatable bonds is 8. The van der Waals surface area contributed by atoms with Gasteiger partial charge in [0.1, 0.15) is 0 Å². The van der Waals surface area contributed by atoms with Gasteiger partial charge < -0.3 is 14.0 Å². The molecule has 5 heteroatoms. The van der Waals surface area contributed by atoms with Crippen molar-refractivity contribution in [3.63, 3.8) is 0 Å². The molecule has 0 bridgehead atoms. The summed E-state index contributed by atoms with van der Waals surface area (Å²) in [6.45, 7) is 8.17. The molecule has 0 amide bonds. The van der Waals surface area contributed by atoms with Gasteiger partial charge in [0.05, 0.1) is 18.6 Å². The largest absolute Gasteiger partial charge is 0.381 e. The predicted octanol–water partition coefficient (Wildman–Crippen LogP) is 3.05. The van der Waals surface area contributed by atoms with Crippen LogP contribution in [0.2, 0.25) is 0 Å². The second-order valence-electron chi connectivity index (χ2n) is 9.10. The van der Waals surface area contributed by atoms with Crippen LogP contribution in [0.25, 0.3) is 0 Å². The normalized spacial score (nSPS) is 27.6. The topological polar surface area (TPSA) is 39.5 Å². The number of ether oxygens (including phenoxy) is 2. The molecule has 3 fully saturated rings. The van der Waals surface area contributed by atoms with Gasteiger partial charge in [-0.1, -0.05) is 0 Å². The molecule has 5 rings (SSSR count). The summed E-state index contributed by atoms with van der Waals surface area (Å²) in [5.74, 6) is 3.00. The summed E-state index contributed by atoms with van der Waals surface area (Å²) >= 11 is 0. The average molecular weight is 360 g/mol. The summed E-state index contributed by atoms with van der Waals surface area (Å²) in [7, 11) is 0. The molecule has 0 unspecified atom stereocenters. The highest BCUT2D eigenvalue weighted by atomic mass is 16.5. The van der Waals surface area contributed by atoms with Crippen LogP contribution in [0.15, 0.2) is 6.33 Å². The van der Waals surface area contributed by atoms with Crippen LogP contribution in [0.1, 0.15) is 55.8 Å². The molecule has 4 aliphatic rings. The van der Waals surface area contributed by atoms with E-state index in [0.29, 0.717) is 11.8 Å². The Balaban J connectivity index is 1.24. The van der Waals surface area contributed by atoms with Gasteiger partial charge in [-0.2, -0.15) is 0 Å². The fourth-order valence-electron chi connectivity index (χ4n) is 4.65. The van der Waals surface area contributed by atoms with E-state index >= 15 is 0 Å². The fraction of sp³-hybridized carbons (Fsp3) is 0.857. The zero-order valence-corrected chi connectivity index (χ0v) is 15.9. The lowest BCUT2D eigenvalue weighted by atomic mass is 9.98. The first-order chi connectivity index (χ1) is 12.8. The van der Waals surface area contributed by atoms with Gasteiger partial charge in [-0.15, -0.1) is 0 Å². The second kappa shape index (κ2) is 7.61. The van der Waals surface area contributed by atoms with Crippen molar-refractivity contribution in [1.82, 2.24) is 14.5 Å². The Morgan fingerprint density at radius 1 is 0.962 bits per heavy atom. The van der Waals surface area contributed by atoms with E-state index in [1.807, 2.05) is 0 Å². The lowest BCUT2D eigenvalue weighted by Gasteiger charge is -2.33. The van der Waals surface area contributed by atoms with Gasteiger partial charge in [-0.25, -0.2) is 4.98 Å². The maximum Gasteiger partial charge on any atom is 0.0952 e. The van der Waals surface area contributed by atoms with Crippen LogP contribution >= 0.6 is 0 Å². The predicted molar refractivity (Wildman–Crippen MR) is 100 cm³/mol. The highest BCUT2D eigenvalue weighted by Gasteiger charge is 2.34. The minimum Gasteiger partial charge on any atom is -0.381 e. The molecular weight excluding hydrogens is 326 g/mol. The van der Waals surface area contributed by atoms with Crippen LogP contribution in [0.3, 0.4) is 0 Å². The Morgan fingerprint density at radius 3 is 2.50 bits per heavy atom. The van der Waals surface area contributed by atoms with Crippen LogP contribution in [-0.4, -0.2) is 54.0 Å². The molecule has 144 valence electrons. The van der Waals surface area contributed by atoms with Crippen molar-refractivity contribution < 1.29 is 9.47 Å². The highest BCUT2D eigenvalue weighted by Crippen LogP contribution is 2.36. The number of imidazole rings is 1. The van der Waals surface area contributed by atoms with Crippen molar-refractivity contribution in [2.75, 3.05) is 39.5 Å². The zero-order valence-electron chi connectivity index (χ0n) is 15.9. The molecule has 1 saturated heterocycles. The molecule has 0 N–H and O–H groups in total. The molecule has 1 aromatic heterocycles. The van der Waals surface area contributed by atoms with E-state index in [1.165, 1.54) is 50.2 Å². The van der Waals surface area contributed by atoms with Crippen molar-refractivity contribution >= 4 is 0 Å². The van der Waals surface area contributed by atoms with Crippen molar-refractivity contribution in [3.8, 4) is 0 Å². The van der Waals surface area contributed by atoms with Crippen molar-refractivity contribution in [3.05, 3.63) is 17.7 Å². The number of hydrogen-bond donors (Lipinski definition) is 0. The monoisotopic (exact) mass is 359 g/mol. The first kappa shape index (κ1) is 17.2. The summed E-state index contributed by atoms with van der Waals surface area (Å²) in [5.41, 5.74) is 2.80. The Morgan fingerprint density at radius 2 is 1.73 bits per heavy atom. The number of hydrogen-bond acceptors (Lipinski definition) is 4. The van der Waals surface area contributed by atoms with E-state index in [2.05, 4.69) is 15.8 Å². The third-order valence-electron chi connectivity index (χ3n) is 6.58. The van der Waals surface area contributed by atoms with Crippen LogP contribution in [0.4, 0.5) is 0 Å². The average Bonchev–Trinajstić information content (AvgIpc) is 3.57. The summed E-state index contributed by atoms with van der Waals surface area (Å²) in [5, 5.41) is 0. The molecule has 1 aromatic rings. The zero-order chi connectivity index (χ0) is 17.3. The van der Waals surface area contributed by atoms with E-state index in [-0.39, 0.29) is 0 Å². The summed E-state index contributed by atoms with van der Waals surface area (Å²) in [6.07, 6.45) is 10.0. The Kier molecular flexibility index (Phi) is 5.03. The molecule has 0 spiro atoms. The van der Waals surface area contributed by atoms with Crippen LogP contribution in [0.5, 0.6) is 0 Å². The third kappa shape index (κ3) is 4.15. The van der Waals surface area contributed by atoms with E-state index in [4.69, 9.17) is 14.5 Å². The molecule has 1 atom stereocenters. The van der Waals surface area contributed by atoms with Crippen LogP contribution in [0, 0.1) is 17.8 Å². The third-order valence-corrected chi connectivity index (χ3v) is 6.58. The number of fused-ring (bicyclic) bond motifs is 1. The Bertz CT molecular complexity index is 602. The standard InChI is InChI=1S/C21H33N3O2/c1-2-16(1)9-23-11-19(14-26-13-18-5-7-25-8-6-18)21-20(12-23)22-15-24(21)10-17-3-4-17/h15-19H,1-14H2/t19-/m1/s1. The smallest absolute Gasteiger partial charge is 0.0952 e. The molecule has 26 heavy (non-hydrogen) atoms. The first-order valence-corrected chi connectivity index (χ1v) is 10.8. The Hall–Kier alpha value is -0.910. The van der Waals surface area contributed by atoms with Crippen molar-refractivity contribution in [2.24, 2.45) is 17.8 Å². The minimum atomic E-state index is 0.485.